The lowest BCUT2D eigenvalue weighted by atomic mass is 10.2. The summed E-state index contributed by atoms with van der Waals surface area (Å²) in [4.78, 5) is 12.3. The highest BCUT2D eigenvalue weighted by atomic mass is 16.5. The summed E-state index contributed by atoms with van der Waals surface area (Å²) in [5, 5.41) is 3.16. The van der Waals surface area contributed by atoms with E-state index in [2.05, 4.69) is 20.3 Å². The second kappa shape index (κ2) is 6.74. The second-order valence-corrected chi connectivity index (χ2v) is 4.64. The molecule has 2 rings (SSSR count). The molecule has 0 fully saturated rings. The number of aromatic nitrogens is 3. The van der Waals surface area contributed by atoms with Crippen molar-refractivity contribution in [2.75, 3.05) is 18.2 Å². The van der Waals surface area contributed by atoms with Gasteiger partial charge in [-0.25, -0.2) is 4.98 Å². The smallest absolute Gasteiger partial charge is 0.225 e. The Labute approximate surface area is 123 Å². The molecule has 0 aliphatic carbocycles. The van der Waals surface area contributed by atoms with E-state index >= 15 is 0 Å². The van der Waals surface area contributed by atoms with Crippen LogP contribution >= 0.6 is 0 Å². The number of methoxy groups -OCH3 is 1. The minimum atomic E-state index is 0.0634. The average molecular weight is 289 g/mol. The molecule has 0 saturated heterocycles. The lowest BCUT2D eigenvalue weighted by molar-refractivity contribution is 0.230. The molecule has 0 aromatic carbocycles. The summed E-state index contributed by atoms with van der Waals surface area (Å²) in [7, 11) is 1.53. The summed E-state index contributed by atoms with van der Waals surface area (Å²) in [6, 6.07) is 5.48. The van der Waals surface area contributed by atoms with Crippen molar-refractivity contribution in [1.29, 1.82) is 0 Å². The van der Waals surface area contributed by atoms with Crippen LogP contribution in [0.25, 0.3) is 0 Å². The fourth-order valence-corrected chi connectivity index (χ4v) is 1.71. The van der Waals surface area contributed by atoms with Gasteiger partial charge in [0.25, 0.3) is 0 Å². The number of pyridine rings is 1. The third kappa shape index (κ3) is 4.20. The quantitative estimate of drug-likeness (QED) is 0.838. The Morgan fingerprint density at radius 3 is 2.86 bits per heavy atom. The number of nitrogens with one attached hydrogen (secondary N) is 1. The Kier molecular flexibility index (Phi) is 4.76. The van der Waals surface area contributed by atoms with Gasteiger partial charge in [0, 0.05) is 24.4 Å². The molecule has 21 heavy (non-hydrogen) atoms. The Morgan fingerprint density at radius 2 is 2.14 bits per heavy atom. The van der Waals surface area contributed by atoms with Crippen LogP contribution < -0.4 is 20.5 Å². The highest BCUT2D eigenvalue weighted by molar-refractivity contribution is 5.44. The van der Waals surface area contributed by atoms with E-state index in [1.807, 2.05) is 26.0 Å². The molecule has 0 radical (unpaired) electrons. The number of anilines is 2. The predicted molar refractivity (Wildman–Crippen MR) is 80.3 cm³/mol. The zero-order valence-electron chi connectivity index (χ0n) is 12.3. The van der Waals surface area contributed by atoms with Crippen molar-refractivity contribution in [3.05, 3.63) is 30.0 Å². The third-order valence-corrected chi connectivity index (χ3v) is 2.59. The molecule has 0 unspecified atom stereocenters. The molecule has 0 atom stereocenters. The maximum absolute atomic E-state index is 5.67. The molecule has 3 N–H and O–H groups in total. The lowest BCUT2D eigenvalue weighted by Gasteiger charge is -2.13. The van der Waals surface area contributed by atoms with Crippen LogP contribution in [0.3, 0.4) is 0 Å². The van der Waals surface area contributed by atoms with Gasteiger partial charge in [0.2, 0.25) is 17.7 Å². The first-order chi connectivity index (χ1) is 10.1. The first kappa shape index (κ1) is 14.8. The maximum Gasteiger partial charge on any atom is 0.225 e. The van der Waals surface area contributed by atoms with E-state index < -0.39 is 0 Å². The highest BCUT2D eigenvalue weighted by Gasteiger charge is 2.08. The molecule has 0 spiro atoms. The zero-order chi connectivity index (χ0) is 15.2. The van der Waals surface area contributed by atoms with Crippen LogP contribution in [-0.2, 0) is 6.54 Å². The zero-order valence-corrected chi connectivity index (χ0v) is 12.3. The van der Waals surface area contributed by atoms with Gasteiger partial charge < -0.3 is 20.5 Å². The first-order valence-corrected chi connectivity index (χ1v) is 6.61. The van der Waals surface area contributed by atoms with Crippen molar-refractivity contribution in [1.82, 2.24) is 15.0 Å². The summed E-state index contributed by atoms with van der Waals surface area (Å²) in [6.45, 7) is 4.43. The van der Waals surface area contributed by atoms with Gasteiger partial charge in [-0.1, -0.05) is 6.07 Å². The standard InChI is InChI=1S/C14H19N5O2/c1-9(2)21-13-10(5-4-6-16-13)8-17-11-7-12(20-3)19-14(15)18-11/h4-7,9H,8H2,1-3H3,(H3,15,17,18,19). The Hall–Kier alpha value is -2.57. The van der Waals surface area contributed by atoms with Crippen molar-refractivity contribution in [2.24, 2.45) is 0 Å². The molecule has 0 saturated carbocycles. The van der Waals surface area contributed by atoms with E-state index in [9.17, 15) is 0 Å². The summed E-state index contributed by atoms with van der Waals surface area (Å²) in [5.41, 5.74) is 6.55. The summed E-state index contributed by atoms with van der Waals surface area (Å²) in [6.07, 6.45) is 1.76. The topological polar surface area (TPSA) is 95.2 Å². The van der Waals surface area contributed by atoms with Crippen molar-refractivity contribution in [3.63, 3.8) is 0 Å². The van der Waals surface area contributed by atoms with E-state index in [0.717, 1.165) is 5.56 Å². The van der Waals surface area contributed by atoms with Crippen LogP contribution in [0.4, 0.5) is 11.8 Å². The van der Waals surface area contributed by atoms with Crippen molar-refractivity contribution in [3.8, 4) is 11.8 Å². The van der Waals surface area contributed by atoms with E-state index in [-0.39, 0.29) is 12.1 Å². The molecule has 0 aliphatic heterocycles. The number of ether oxygens (including phenoxy) is 2. The van der Waals surface area contributed by atoms with Crippen LogP contribution in [0.2, 0.25) is 0 Å². The van der Waals surface area contributed by atoms with Crippen molar-refractivity contribution < 1.29 is 9.47 Å². The summed E-state index contributed by atoms with van der Waals surface area (Å²) < 4.78 is 10.7. The molecule has 2 heterocycles. The minimum Gasteiger partial charge on any atom is -0.481 e. The maximum atomic E-state index is 5.67. The van der Waals surface area contributed by atoms with Crippen LogP contribution in [-0.4, -0.2) is 28.2 Å². The monoisotopic (exact) mass is 289 g/mol. The van der Waals surface area contributed by atoms with Gasteiger partial charge in [0.15, 0.2) is 0 Å². The fraction of sp³-hybridized carbons (Fsp3) is 0.357. The highest BCUT2D eigenvalue weighted by Crippen LogP contribution is 2.19. The van der Waals surface area contributed by atoms with Gasteiger partial charge in [-0.05, 0) is 19.9 Å². The summed E-state index contributed by atoms with van der Waals surface area (Å²) >= 11 is 0. The van der Waals surface area contributed by atoms with E-state index in [1.165, 1.54) is 7.11 Å². The number of nitrogens with two attached hydrogens (primary N) is 1. The second-order valence-electron chi connectivity index (χ2n) is 4.64. The molecule has 7 heteroatoms. The minimum absolute atomic E-state index is 0.0634. The van der Waals surface area contributed by atoms with Gasteiger partial charge in [-0.2, -0.15) is 9.97 Å². The van der Waals surface area contributed by atoms with Gasteiger partial charge in [-0.3, -0.25) is 0 Å². The van der Waals surface area contributed by atoms with Crippen molar-refractivity contribution >= 4 is 11.8 Å². The molecule has 7 nitrogen and oxygen atoms in total. The molecular weight excluding hydrogens is 270 g/mol. The number of nitrogen functional groups attached to an aromatic ring is 1. The van der Waals surface area contributed by atoms with Gasteiger partial charge in [-0.15, -0.1) is 0 Å². The molecule has 0 bridgehead atoms. The van der Waals surface area contributed by atoms with E-state index in [0.29, 0.717) is 24.1 Å². The molecule has 2 aromatic heterocycles. The normalized spacial score (nSPS) is 10.5. The number of hydrogen-bond donors (Lipinski definition) is 2. The number of rotatable bonds is 6. The summed E-state index contributed by atoms with van der Waals surface area (Å²) in [5.74, 6) is 1.75. The largest absolute Gasteiger partial charge is 0.481 e. The fourth-order valence-electron chi connectivity index (χ4n) is 1.71. The van der Waals surface area contributed by atoms with Crippen LogP contribution in [0, 0.1) is 0 Å². The Balaban J connectivity index is 2.11. The van der Waals surface area contributed by atoms with Crippen molar-refractivity contribution in [2.45, 2.75) is 26.5 Å². The van der Waals surface area contributed by atoms with Crippen LogP contribution in [0.1, 0.15) is 19.4 Å². The number of nitrogens with zero attached hydrogens (tertiary/aromatic N) is 3. The Morgan fingerprint density at radius 1 is 1.33 bits per heavy atom. The first-order valence-electron chi connectivity index (χ1n) is 6.61. The predicted octanol–water partition coefficient (Wildman–Crippen LogP) is 1.86. The average Bonchev–Trinajstić information content (AvgIpc) is 2.45. The molecule has 0 aliphatic rings. The molecular formula is C14H19N5O2. The molecule has 112 valence electrons. The SMILES string of the molecule is COc1cc(NCc2cccnc2OC(C)C)nc(N)n1. The van der Waals surface area contributed by atoms with E-state index in [1.54, 1.807) is 12.3 Å². The van der Waals surface area contributed by atoms with Crippen LogP contribution in [0.15, 0.2) is 24.4 Å². The lowest BCUT2D eigenvalue weighted by Crippen LogP contribution is -2.11. The molecule has 0 amide bonds. The third-order valence-electron chi connectivity index (χ3n) is 2.59. The van der Waals surface area contributed by atoms with Gasteiger partial charge in [0.1, 0.15) is 5.82 Å². The van der Waals surface area contributed by atoms with Gasteiger partial charge >= 0.3 is 0 Å². The van der Waals surface area contributed by atoms with E-state index in [4.69, 9.17) is 15.2 Å². The van der Waals surface area contributed by atoms with Gasteiger partial charge in [0.05, 0.1) is 13.2 Å². The van der Waals surface area contributed by atoms with Crippen LogP contribution in [0.5, 0.6) is 11.8 Å². The Bertz CT molecular complexity index is 604. The number of hydrogen-bond acceptors (Lipinski definition) is 7. The molecule has 2 aromatic rings.